The lowest BCUT2D eigenvalue weighted by atomic mass is 10.2. The number of rotatable bonds is 7. The molecular weight excluding hydrogens is 334 g/mol. The number of halogens is 3. The Hall–Kier alpha value is -1.21. The van der Waals surface area contributed by atoms with Crippen molar-refractivity contribution < 1.29 is 18.3 Å². The first-order valence-corrected chi connectivity index (χ1v) is 7.07. The third-order valence-electron chi connectivity index (χ3n) is 2.78. The highest BCUT2D eigenvalue weighted by Gasteiger charge is 2.22. The van der Waals surface area contributed by atoms with Crippen LogP contribution in [0.5, 0.6) is 5.75 Å². The first-order valence-electron chi connectivity index (χ1n) is 6.28. The summed E-state index contributed by atoms with van der Waals surface area (Å²) in [7, 11) is 0. The number of carbonyl (C=O) groups is 1. The van der Waals surface area contributed by atoms with E-state index in [1.165, 1.54) is 6.07 Å². The lowest BCUT2D eigenvalue weighted by Gasteiger charge is -2.12. The second kappa shape index (κ2) is 6.99. The monoisotopic (exact) mass is 348 g/mol. The van der Waals surface area contributed by atoms with Gasteiger partial charge in [-0.3, -0.25) is 4.79 Å². The Kier molecular flexibility index (Phi) is 5.31. The molecule has 0 saturated heterocycles. The normalized spacial score (nSPS) is 14.4. The van der Waals surface area contributed by atoms with Crippen LogP contribution in [0, 0.1) is 0 Å². The van der Waals surface area contributed by atoms with Crippen molar-refractivity contribution in [2.45, 2.75) is 32.0 Å². The Bertz CT molecular complexity index is 481. The van der Waals surface area contributed by atoms with Crippen LogP contribution in [-0.2, 0) is 11.3 Å². The maximum Gasteiger partial charge on any atom is 0.387 e. The highest BCUT2D eigenvalue weighted by atomic mass is 79.9. The first-order chi connectivity index (χ1) is 9.54. The molecule has 4 nitrogen and oxygen atoms in total. The molecular formula is C13H15BrF2N2O2. The molecule has 2 rings (SSSR count). The average molecular weight is 349 g/mol. The quantitative estimate of drug-likeness (QED) is 0.795. The van der Waals surface area contributed by atoms with E-state index in [1.54, 1.807) is 12.1 Å². The minimum Gasteiger partial charge on any atom is -0.434 e. The maximum absolute atomic E-state index is 12.3. The van der Waals surface area contributed by atoms with Gasteiger partial charge in [0.2, 0.25) is 5.91 Å². The van der Waals surface area contributed by atoms with Crippen LogP contribution in [0.4, 0.5) is 8.78 Å². The van der Waals surface area contributed by atoms with Gasteiger partial charge in [0, 0.05) is 22.6 Å². The van der Waals surface area contributed by atoms with Crippen molar-refractivity contribution >= 4 is 21.8 Å². The molecule has 7 heteroatoms. The zero-order valence-corrected chi connectivity index (χ0v) is 12.3. The average Bonchev–Trinajstić information content (AvgIpc) is 3.16. The molecule has 0 aliphatic heterocycles. The number of carbonyl (C=O) groups excluding carboxylic acids is 1. The van der Waals surface area contributed by atoms with E-state index >= 15 is 0 Å². The highest BCUT2D eigenvalue weighted by Crippen LogP contribution is 2.24. The van der Waals surface area contributed by atoms with E-state index in [0.29, 0.717) is 11.6 Å². The van der Waals surface area contributed by atoms with Gasteiger partial charge in [-0.2, -0.15) is 8.78 Å². The lowest BCUT2D eigenvalue weighted by molar-refractivity contribution is -0.120. The minimum absolute atomic E-state index is 0.0844. The van der Waals surface area contributed by atoms with Crippen molar-refractivity contribution in [1.82, 2.24) is 10.6 Å². The van der Waals surface area contributed by atoms with Gasteiger partial charge in [0.1, 0.15) is 5.75 Å². The molecule has 1 aliphatic carbocycles. The third-order valence-corrected chi connectivity index (χ3v) is 3.28. The molecule has 1 aliphatic rings. The van der Waals surface area contributed by atoms with Crippen LogP contribution in [0.2, 0.25) is 0 Å². The fraction of sp³-hybridized carbons (Fsp3) is 0.462. The van der Waals surface area contributed by atoms with E-state index in [2.05, 4.69) is 31.3 Å². The van der Waals surface area contributed by atoms with E-state index in [1.807, 2.05) is 0 Å². The predicted molar refractivity (Wildman–Crippen MR) is 73.6 cm³/mol. The molecule has 1 fully saturated rings. The standard InChI is InChI=1S/C13H15BrF2N2O2/c14-9-1-4-11(20-13(15)16)8(5-9)6-17-7-12(19)18-10-2-3-10/h1,4-5,10,13,17H,2-3,6-7H2,(H,18,19). The Labute approximate surface area is 124 Å². The highest BCUT2D eigenvalue weighted by molar-refractivity contribution is 9.10. The smallest absolute Gasteiger partial charge is 0.387 e. The Morgan fingerprint density at radius 3 is 2.85 bits per heavy atom. The number of hydrogen-bond acceptors (Lipinski definition) is 3. The molecule has 110 valence electrons. The predicted octanol–water partition coefficient (Wildman–Crippen LogP) is 2.42. The second-order valence-electron chi connectivity index (χ2n) is 4.58. The SMILES string of the molecule is O=C(CNCc1cc(Br)ccc1OC(F)F)NC1CC1. The Morgan fingerprint density at radius 1 is 1.45 bits per heavy atom. The van der Waals surface area contributed by atoms with Crippen LogP contribution in [-0.4, -0.2) is 25.1 Å². The first kappa shape index (κ1) is 15.2. The van der Waals surface area contributed by atoms with Crippen molar-refractivity contribution in [1.29, 1.82) is 0 Å². The van der Waals surface area contributed by atoms with Gasteiger partial charge in [-0.05, 0) is 31.0 Å². The molecule has 1 aromatic rings. The molecule has 0 spiro atoms. The van der Waals surface area contributed by atoms with Gasteiger partial charge in [-0.25, -0.2) is 0 Å². The van der Waals surface area contributed by atoms with Gasteiger partial charge in [0.15, 0.2) is 0 Å². The number of alkyl halides is 2. The molecule has 0 atom stereocenters. The van der Waals surface area contributed by atoms with Crippen LogP contribution in [0.25, 0.3) is 0 Å². The van der Waals surface area contributed by atoms with Crippen molar-refractivity contribution in [2.75, 3.05) is 6.54 Å². The second-order valence-corrected chi connectivity index (χ2v) is 5.49. The summed E-state index contributed by atoms with van der Waals surface area (Å²) in [5.41, 5.74) is 0.568. The van der Waals surface area contributed by atoms with Gasteiger partial charge in [-0.15, -0.1) is 0 Å². The van der Waals surface area contributed by atoms with E-state index in [9.17, 15) is 13.6 Å². The molecule has 0 heterocycles. The largest absolute Gasteiger partial charge is 0.434 e. The van der Waals surface area contributed by atoms with Crippen molar-refractivity contribution in [3.05, 3.63) is 28.2 Å². The van der Waals surface area contributed by atoms with Crippen molar-refractivity contribution in [3.63, 3.8) is 0 Å². The van der Waals surface area contributed by atoms with Crippen molar-refractivity contribution in [3.8, 4) is 5.75 Å². The van der Waals surface area contributed by atoms with Crippen LogP contribution >= 0.6 is 15.9 Å². The molecule has 1 amide bonds. The number of ether oxygens (including phenoxy) is 1. The maximum atomic E-state index is 12.3. The fourth-order valence-corrected chi connectivity index (χ4v) is 2.12. The summed E-state index contributed by atoms with van der Waals surface area (Å²) in [4.78, 5) is 11.5. The molecule has 20 heavy (non-hydrogen) atoms. The van der Waals surface area contributed by atoms with Gasteiger partial charge in [0.05, 0.1) is 6.54 Å². The summed E-state index contributed by atoms with van der Waals surface area (Å²) < 4.78 is 29.8. The van der Waals surface area contributed by atoms with Gasteiger partial charge in [0.25, 0.3) is 0 Å². The van der Waals surface area contributed by atoms with Gasteiger partial charge in [-0.1, -0.05) is 15.9 Å². The van der Waals surface area contributed by atoms with E-state index < -0.39 is 6.61 Å². The van der Waals surface area contributed by atoms with Gasteiger partial charge < -0.3 is 15.4 Å². The molecule has 1 saturated carbocycles. The van der Waals surface area contributed by atoms with Crippen molar-refractivity contribution in [2.24, 2.45) is 0 Å². The zero-order valence-electron chi connectivity index (χ0n) is 10.7. The minimum atomic E-state index is -2.87. The third kappa shape index (κ3) is 5.05. The van der Waals surface area contributed by atoms with E-state index in [0.717, 1.165) is 17.3 Å². The summed E-state index contributed by atoms with van der Waals surface area (Å²) in [6.45, 7) is -2.44. The Morgan fingerprint density at radius 2 is 2.20 bits per heavy atom. The summed E-state index contributed by atoms with van der Waals surface area (Å²) in [5, 5.41) is 5.75. The molecule has 0 bridgehead atoms. The summed E-state index contributed by atoms with van der Waals surface area (Å²) >= 11 is 3.27. The Balaban J connectivity index is 1.86. The zero-order chi connectivity index (χ0) is 14.5. The number of nitrogens with one attached hydrogen (secondary N) is 2. The van der Waals surface area contributed by atoms with E-state index in [4.69, 9.17) is 0 Å². The fourth-order valence-electron chi connectivity index (χ4n) is 1.71. The summed E-state index contributed by atoms with van der Waals surface area (Å²) in [5.74, 6) is 0.0251. The molecule has 0 unspecified atom stereocenters. The number of benzene rings is 1. The molecule has 0 aromatic heterocycles. The van der Waals surface area contributed by atoms with Crippen LogP contribution in [0.1, 0.15) is 18.4 Å². The topological polar surface area (TPSA) is 50.4 Å². The summed E-state index contributed by atoms with van der Waals surface area (Å²) in [6.07, 6.45) is 2.06. The number of hydrogen-bond donors (Lipinski definition) is 2. The lowest BCUT2D eigenvalue weighted by Crippen LogP contribution is -2.34. The number of amides is 1. The molecule has 0 radical (unpaired) electrons. The van der Waals surface area contributed by atoms with E-state index in [-0.39, 0.29) is 24.7 Å². The summed E-state index contributed by atoms with van der Waals surface area (Å²) in [6, 6.07) is 5.09. The molecule has 1 aromatic carbocycles. The van der Waals surface area contributed by atoms with Gasteiger partial charge >= 0.3 is 6.61 Å². The van der Waals surface area contributed by atoms with Crippen LogP contribution < -0.4 is 15.4 Å². The molecule has 2 N–H and O–H groups in total. The van der Waals surface area contributed by atoms with Crippen LogP contribution in [0.3, 0.4) is 0 Å². The van der Waals surface area contributed by atoms with Crippen LogP contribution in [0.15, 0.2) is 22.7 Å².